The molecule has 0 amide bonds. The third kappa shape index (κ3) is 3.33. The van der Waals surface area contributed by atoms with Gasteiger partial charge in [0.1, 0.15) is 10.6 Å². The maximum Gasteiger partial charge on any atom is 0.354 e. The molecule has 0 spiro atoms. The molecule has 1 aromatic rings. The molecule has 6 nitrogen and oxygen atoms in total. The van der Waals surface area contributed by atoms with Gasteiger partial charge < -0.3 is 9.30 Å². The van der Waals surface area contributed by atoms with Gasteiger partial charge in [0.05, 0.1) is 6.61 Å². The van der Waals surface area contributed by atoms with Crippen LogP contribution < -0.4 is 5.14 Å². The topological polar surface area (TPSA) is 91.4 Å². The molecule has 0 aromatic carbocycles. The van der Waals surface area contributed by atoms with Crippen LogP contribution in [-0.2, 0) is 14.8 Å². The van der Waals surface area contributed by atoms with E-state index in [1.165, 1.54) is 16.8 Å². The molecule has 0 bridgehead atoms. The van der Waals surface area contributed by atoms with Crippen molar-refractivity contribution in [3.05, 3.63) is 18.0 Å². The van der Waals surface area contributed by atoms with Crippen molar-refractivity contribution in [3.63, 3.8) is 0 Å². The lowest BCUT2D eigenvalue weighted by molar-refractivity contribution is 0.0491. The Morgan fingerprint density at radius 1 is 1.50 bits per heavy atom. The molecule has 2 N–H and O–H groups in total. The van der Waals surface area contributed by atoms with E-state index < -0.39 is 16.0 Å². The van der Waals surface area contributed by atoms with Crippen LogP contribution in [0.4, 0.5) is 0 Å². The van der Waals surface area contributed by atoms with Crippen LogP contribution in [0.2, 0.25) is 0 Å². The summed E-state index contributed by atoms with van der Waals surface area (Å²) in [7, 11) is -3.82. The van der Waals surface area contributed by atoms with Crippen molar-refractivity contribution in [2.75, 3.05) is 6.61 Å². The van der Waals surface area contributed by atoms with Crippen LogP contribution in [0.5, 0.6) is 0 Å². The summed E-state index contributed by atoms with van der Waals surface area (Å²) < 4.78 is 29.1. The lowest BCUT2D eigenvalue weighted by Gasteiger charge is -2.11. The van der Waals surface area contributed by atoms with Gasteiger partial charge in [-0.2, -0.15) is 0 Å². The second-order valence-electron chi connectivity index (χ2n) is 4.24. The van der Waals surface area contributed by atoms with Gasteiger partial charge in [-0.1, -0.05) is 6.92 Å². The summed E-state index contributed by atoms with van der Waals surface area (Å²) in [5, 5.41) is 5.05. The Balaban J connectivity index is 3.17. The van der Waals surface area contributed by atoms with Crippen LogP contribution >= 0.6 is 0 Å². The van der Waals surface area contributed by atoms with E-state index in [2.05, 4.69) is 0 Å². The molecule has 0 atom stereocenters. The van der Waals surface area contributed by atoms with Crippen LogP contribution in [-0.4, -0.2) is 25.6 Å². The van der Waals surface area contributed by atoms with Gasteiger partial charge in [-0.25, -0.2) is 18.4 Å². The molecule has 0 radical (unpaired) electrons. The molecule has 0 aliphatic rings. The van der Waals surface area contributed by atoms with Crippen molar-refractivity contribution in [1.82, 2.24) is 4.57 Å². The first-order valence-corrected chi connectivity index (χ1v) is 7.23. The van der Waals surface area contributed by atoms with Crippen LogP contribution in [0.25, 0.3) is 0 Å². The van der Waals surface area contributed by atoms with E-state index in [0.29, 0.717) is 13.0 Å². The number of esters is 1. The summed E-state index contributed by atoms with van der Waals surface area (Å²) in [6.45, 7) is 5.85. The number of rotatable bonds is 5. The van der Waals surface area contributed by atoms with E-state index >= 15 is 0 Å². The standard InChI is InChI=1S/C11H18N2O4S/c1-4-5-17-11(14)10-6-9(18(12,15)16)7-13(10)8(2)3/h6-8H,4-5H2,1-3H3,(H2,12,15,16). The van der Waals surface area contributed by atoms with E-state index in [0.717, 1.165) is 0 Å². The van der Waals surface area contributed by atoms with Gasteiger partial charge in [-0.05, 0) is 26.3 Å². The lowest BCUT2D eigenvalue weighted by Crippen LogP contribution is -2.13. The molecule has 1 heterocycles. The van der Waals surface area contributed by atoms with E-state index in [1.807, 2.05) is 20.8 Å². The fourth-order valence-electron chi connectivity index (χ4n) is 1.47. The zero-order valence-electron chi connectivity index (χ0n) is 10.7. The van der Waals surface area contributed by atoms with E-state index in [-0.39, 0.29) is 16.6 Å². The van der Waals surface area contributed by atoms with Crippen molar-refractivity contribution in [2.45, 2.75) is 38.1 Å². The van der Waals surface area contributed by atoms with Gasteiger partial charge in [-0.3, -0.25) is 0 Å². The van der Waals surface area contributed by atoms with Gasteiger partial charge in [0.15, 0.2) is 0 Å². The average Bonchev–Trinajstić information content (AvgIpc) is 2.70. The van der Waals surface area contributed by atoms with Crippen LogP contribution in [0.15, 0.2) is 17.2 Å². The molecule has 0 saturated heterocycles. The highest BCUT2D eigenvalue weighted by Crippen LogP contribution is 2.18. The van der Waals surface area contributed by atoms with Crippen LogP contribution in [0, 0.1) is 0 Å². The number of primary sulfonamides is 1. The number of carbonyl (C=O) groups is 1. The fourth-order valence-corrected chi connectivity index (χ4v) is 2.01. The normalized spacial score (nSPS) is 11.8. The molecular weight excluding hydrogens is 256 g/mol. The van der Waals surface area contributed by atoms with Crippen LogP contribution in [0.3, 0.4) is 0 Å². The smallest absolute Gasteiger partial charge is 0.354 e. The zero-order valence-corrected chi connectivity index (χ0v) is 11.5. The highest BCUT2D eigenvalue weighted by molar-refractivity contribution is 7.89. The molecule has 1 aromatic heterocycles. The van der Waals surface area contributed by atoms with Crippen molar-refractivity contribution in [3.8, 4) is 0 Å². The van der Waals surface area contributed by atoms with Gasteiger partial charge in [0, 0.05) is 12.2 Å². The number of hydrogen-bond donors (Lipinski definition) is 1. The van der Waals surface area contributed by atoms with Crippen molar-refractivity contribution >= 4 is 16.0 Å². The number of ether oxygens (including phenoxy) is 1. The predicted molar refractivity (Wildman–Crippen MR) is 66.8 cm³/mol. The molecule has 0 unspecified atom stereocenters. The molecule has 0 aliphatic heterocycles. The summed E-state index contributed by atoms with van der Waals surface area (Å²) in [5.41, 5.74) is 0.197. The summed E-state index contributed by atoms with van der Waals surface area (Å²) in [4.78, 5) is 11.7. The quantitative estimate of drug-likeness (QED) is 0.819. The van der Waals surface area contributed by atoms with Gasteiger partial charge >= 0.3 is 5.97 Å². The Labute approximate surface area is 107 Å². The minimum Gasteiger partial charge on any atom is -0.461 e. The number of nitrogens with two attached hydrogens (primary N) is 1. The first kappa shape index (κ1) is 14.7. The first-order valence-electron chi connectivity index (χ1n) is 5.69. The van der Waals surface area contributed by atoms with Crippen molar-refractivity contribution in [2.24, 2.45) is 5.14 Å². The first-order chi connectivity index (χ1) is 8.27. The molecule has 102 valence electrons. The van der Waals surface area contributed by atoms with Gasteiger partial charge in [-0.15, -0.1) is 0 Å². The highest BCUT2D eigenvalue weighted by atomic mass is 32.2. The maximum absolute atomic E-state index is 11.8. The van der Waals surface area contributed by atoms with Gasteiger partial charge in [0.25, 0.3) is 0 Å². The van der Waals surface area contributed by atoms with Crippen molar-refractivity contribution < 1.29 is 17.9 Å². The molecular formula is C11H18N2O4S. The van der Waals surface area contributed by atoms with E-state index in [4.69, 9.17) is 9.88 Å². The van der Waals surface area contributed by atoms with Crippen LogP contribution in [0.1, 0.15) is 43.7 Å². The highest BCUT2D eigenvalue weighted by Gasteiger charge is 2.21. The van der Waals surface area contributed by atoms with Crippen molar-refractivity contribution in [1.29, 1.82) is 0 Å². The largest absolute Gasteiger partial charge is 0.461 e. The zero-order chi connectivity index (χ0) is 13.9. The van der Waals surface area contributed by atoms with Gasteiger partial charge in [0.2, 0.25) is 10.0 Å². The molecule has 0 saturated carbocycles. The predicted octanol–water partition coefficient (Wildman–Crippen LogP) is 1.28. The third-order valence-electron chi connectivity index (χ3n) is 2.35. The Kier molecular flexibility index (Phi) is 4.53. The Bertz CT molecular complexity index is 531. The summed E-state index contributed by atoms with van der Waals surface area (Å²) in [5.74, 6) is -0.541. The fraction of sp³-hybridized carbons (Fsp3) is 0.545. The second kappa shape index (κ2) is 5.53. The number of aromatic nitrogens is 1. The Morgan fingerprint density at radius 2 is 2.11 bits per heavy atom. The minimum absolute atomic E-state index is 0.0651. The Morgan fingerprint density at radius 3 is 2.56 bits per heavy atom. The maximum atomic E-state index is 11.8. The SMILES string of the molecule is CCCOC(=O)c1cc(S(N)(=O)=O)cn1C(C)C. The van der Waals surface area contributed by atoms with E-state index in [9.17, 15) is 13.2 Å². The number of nitrogens with zero attached hydrogens (tertiary/aromatic N) is 1. The summed E-state index contributed by atoms with van der Waals surface area (Å²) >= 11 is 0. The summed E-state index contributed by atoms with van der Waals surface area (Å²) in [6.07, 6.45) is 2.05. The Hall–Kier alpha value is -1.34. The molecule has 18 heavy (non-hydrogen) atoms. The monoisotopic (exact) mass is 274 g/mol. The van der Waals surface area contributed by atoms with E-state index in [1.54, 1.807) is 0 Å². The molecule has 1 rings (SSSR count). The average molecular weight is 274 g/mol. The lowest BCUT2D eigenvalue weighted by atomic mass is 10.3. The summed E-state index contributed by atoms with van der Waals surface area (Å²) in [6, 6.07) is 1.18. The minimum atomic E-state index is -3.82. The second-order valence-corrected chi connectivity index (χ2v) is 5.80. The number of carbonyl (C=O) groups excluding carboxylic acids is 1. The molecule has 7 heteroatoms. The number of hydrogen-bond acceptors (Lipinski definition) is 4. The number of sulfonamides is 1. The third-order valence-corrected chi connectivity index (χ3v) is 3.24. The molecule has 0 aliphatic carbocycles. The molecule has 0 fully saturated rings.